The molecule has 5 heteroatoms. The highest BCUT2D eigenvalue weighted by atomic mass is 79.9. The Bertz CT molecular complexity index is 875. The number of hydrogen-bond acceptors (Lipinski definition) is 3. The number of benzene rings is 3. The Morgan fingerprint density at radius 3 is 2.32 bits per heavy atom. The van der Waals surface area contributed by atoms with Crippen LogP contribution in [-0.4, -0.2) is 11.3 Å². The molecule has 0 spiro atoms. The van der Waals surface area contributed by atoms with E-state index in [1.54, 1.807) is 30.5 Å². The van der Waals surface area contributed by atoms with Crippen molar-refractivity contribution in [1.82, 2.24) is 0 Å². The fourth-order valence-corrected chi connectivity index (χ4v) is 3.30. The summed E-state index contributed by atoms with van der Waals surface area (Å²) in [5.41, 5.74) is 2.85. The molecule has 25 heavy (non-hydrogen) atoms. The summed E-state index contributed by atoms with van der Waals surface area (Å²) < 4.78 is 7.87. The SMILES string of the molecule is Oc1ccc(N=Cc2ccc(OCc3ccc(Br)cc3Br)cc2)cc1. The minimum atomic E-state index is 0.234. The minimum Gasteiger partial charge on any atom is -0.508 e. The topological polar surface area (TPSA) is 41.8 Å². The Balaban J connectivity index is 1.61. The van der Waals surface area contributed by atoms with Gasteiger partial charge in [0.15, 0.2) is 0 Å². The maximum absolute atomic E-state index is 9.26. The first kappa shape index (κ1) is 17.7. The summed E-state index contributed by atoms with van der Waals surface area (Å²) in [5.74, 6) is 1.04. The third-order valence-corrected chi connectivity index (χ3v) is 4.73. The zero-order valence-electron chi connectivity index (χ0n) is 13.2. The van der Waals surface area contributed by atoms with E-state index in [1.807, 2.05) is 42.5 Å². The van der Waals surface area contributed by atoms with Crippen molar-refractivity contribution in [3.05, 3.63) is 86.8 Å². The molecule has 3 rings (SSSR count). The summed E-state index contributed by atoms with van der Waals surface area (Å²) >= 11 is 6.98. The molecule has 0 aromatic heterocycles. The molecule has 0 saturated carbocycles. The van der Waals surface area contributed by atoms with E-state index in [-0.39, 0.29) is 5.75 Å². The Morgan fingerprint density at radius 1 is 0.920 bits per heavy atom. The van der Waals surface area contributed by atoms with Crippen molar-refractivity contribution in [2.45, 2.75) is 6.61 Å². The average molecular weight is 461 g/mol. The Hall–Kier alpha value is -2.11. The first-order valence-corrected chi connectivity index (χ1v) is 9.19. The molecule has 0 amide bonds. The van der Waals surface area contributed by atoms with Crippen LogP contribution in [0.4, 0.5) is 5.69 Å². The van der Waals surface area contributed by atoms with Gasteiger partial charge in [-0.3, -0.25) is 4.99 Å². The van der Waals surface area contributed by atoms with Crippen molar-refractivity contribution in [3.8, 4) is 11.5 Å². The van der Waals surface area contributed by atoms with E-state index >= 15 is 0 Å². The van der Waals surface area contributed by atoms with Crippen molar-refractivity contribution < 1.29 is 9.84 Å². The smallest absolute Gasteiger partial charge is 0.119 e. The van der Waals surface area contributed by atoms with E-state index in [4.69, 9.17) is 4.74 Å². The summed E-state index contributed by atoms with van der Waals surface area (Å²) in [6, 6.07) is 20.5. The molecular weight excluding hydrogens is 446 g/mol. The fraction of sp³-hybridized carbons (Fsp3) is 0.0500. The Morgan fingerprint density at radius 2 is 1.64 bits per heavy atom. The van der Waals surface area contributed by atoms with E-state index in [2.05, 4.69) is 36.9 Å². The predicted molar refractivity (Wildman–Crippen MR) is 108 cm³/mol. The molecule has 0 aliphatic heterocycles. The van der Waals surface area contributed by atoms with Gasteiger partial charge in [-0.05, 0) is 66.2 Å². The van der Waals surface area contributed by atoms with E-state index in [0.717, 1.165) is 31.5 Å². The molecule has 0 unspecified atom stereocenters. The fourth-order valence-electron chi connectivity index (χ4n) is 2.14. The molecule has 0 heterocycles. The largest absolute Gasteiger partial charge is 0.508 e. The van der Waals surface area contributed by atoms with Gasteiger partial charge in [0.25, 0.3) is 0 Å². The molecule has 0 radical (unpaired) electrons. The number of phenols is 1. The van der Waals surface area contributed by atoms with E-state index in [9.17, 15) is 5.11 Å². The summed E-state index contributed by atoms with van der Waals surface area (Å²) in [4.78, 5) is 4.37. The quantitative estimate of drug-likeness (QED) is 0.457. The van der Waals surface area contributed by atoms with Crippen LogP contribution in [0.15, 0.2) is 80.7 Å². The molecule has 0 saturated heterocycles. The highest BCUT2D eigenvalue weighted by molar-refractivity contribution is 9.11. The summed E-state index contributed by atoms with van der Waals surface area (Å²) in [7, 11) is 0. The minimum absolute atomic E-state index is 0.234. The van der Waals surface area contributed by atoms with Crippen LogP contribution in [0, 0.1) is 0 Å². The van der Waals surface area contributed by atoms with E-state index in [1.165, 1.54) is 0 Å². The number of halogens is 2. The van der Waals surface area contributed by atoms with Gasteiger partial charge in [0.2, 0.25) is 0 Å². The van der Waals surface area contributed by atoms with Crippen molar-refractivity contribution in [2.75, 3.05) is 0 Å². The van der Waals surface area contributed by atoms with Crippen LogP contribution >= 0.6 is 31.9 Å². The van der Waals surface area contributed by atoms with Gasteiger partial charge in [0.05, 0.1) is 5.69 Å². The standard InChI is InChI=1S/C20H15Br2NO2/c21-16-4-3-15(20(22)11-16)13-25-19-9-1-14(2-10-19)12-23-17-5-7-18(24)8-6-17/h1-12,24H,13H2. The van der Waals surface area contributed by atoms with Gasteiger partial charge < -0.3 is 9.84 Å². The van der Waals surface area contributed by atoms with Crippen molar-refractivity contribution in [1.29, 1.82) is 0 Å². The second kappa shape index (κ2) is 8.32. The lowest BCUT2D eigenvalue weighted by Gasteiger charge is -2.08. The van der Waals surface area contributed by atoms with Crippen LogP contribution in [0.25, 0.3) is 0 Å². The van der Waals surface area contributed by atoms with Gasteiger partial charge in [-0.25, -0.2) is 0 Å². The molecule has 3 nitrogen and oxygen atoms in total. The number of ether oxygens (including phenoxy) is 1. The Kier molecular flexibility index (Phi) is 5.89. The number of aliphatic imine (C=N–C) groups is 1. The third-order valence-electron chi connectivity index (χ3n) is 3.50. The molecule has 0 aliphatic rings. The summed E-state index contributed by atoms with van der Waals surface area (Å²) in [6.45, 7) is 0.495. The molecule has 1 N–H and O–H groups in total. The number of nitrogens with zero attached hydrogens (tertiary/aromatic N) is 1. The first-order valence-electron chi connectivity index (χ1n) is 7.60. The van der Waals surface area contributed by atoms with Crippen LogP contribution in [0.3, 0.4) is 0 Å². The highest BCUT2D eigenvalue weighted by Crippen LogP contribution is 2.23. The summed E-state index contributed by atoms with van der Waals surface area (Å²) in [6.07, 6.45) is 1.78. The van der Waals surface area contributed by atoms with Crippen LogP contribution in [0.2, 0.25) is 0 Å². The lowest BCUT2D eigenvalue weighted by Crippen LogP contribution is -1.96. The van der Waals surface area contributed by atoms with Crippen LogP contribution in [0.1, 0.15) is 11.1 Å². The number of hydrogen-bond donors (Lipinski definition) is 1. The van der Waals surface area contributed by atoms with Gasteiger partial charge in [-0.1, -0.05) is 37.9 Å². The molecular formula is C20H15Br2NO2. The average Bonchev–Trinajstić information content (AvgIpc) is 2.61. The van der Waals surface area contributed by atoms with Crippen molar-refractivity contribution >= 4 is 43.8 Å². The second-order valence-corrected chi connectivity index (χ2v) is 7.14. The maximum atomic E-state index is 9.26. The Labute approximate surface area is 163 Å². The first-order chi connectivity index (χ1) is 12.1. The lowest BCUT2D eigenvalue weighted by atomic mass is 10.2. The van der Waals surface area contributed by atoms with Gasteiger partial charge in [0, 0.05) is 20.7 Å². The number of rotatable bonds is 5. The number of phenolic OH excluding ortho intramolecular Hbond substituents is 1. The molecule has 0 bridgehead atoms. The number of aromatic hydroxyl groups is 1. The lowest BCUT2D eigenvalue weighted by molar-refractivity contribution is 0.305. The predicted octanol–water partition coefficient (Wildman–Crippen LogP) is 6.25. The zero-order valence-corrected chi connectivity index (χ0v) is 16.4. The maximum Gasteiger partial charge on any atom is 0.119 e. The molecule has 0 aliphatic carbocycles. The van der Waals surface area contributed by atoms with Crippen LogP contribution in [-0.2, 0) is 6.61 Å². The molecule has 3 aromatic carbocycles. The van der Waals surface area contributed by atoms with Gasteiger partial charge in [-0.2, -0.15) is 0 Å². The van der Waals surface area contributed by atoms with Crippen molar-refractivity contribution in [3.63, 3.8) is 0 Å². The summed E-state index contributed by atoms with van der Waals surface area (Å²) in [5, 5.41) is 9.26. The monoisotopic (exact) mass is 459 g/mol. The highest BCUT2D eigenvalue weighted by Gasteiger charge is 2.02. The van der Waals surface area contributed by atoms with Gasteiger partial charge in [0.1, 0.15) is 18.1 Å². The second-order valence-electron chi connectivity index (χ2n) is 5.37. The van der Waals surface area contributed by atoms with Gasteiger partial charge >= 0.3 is 0 Å². The normalized spacial score (nSPS) is 11.0. The van der Waals surface area contributed by atoms with Gasteiger partial charge in [-0.15, -0.1) is 0 Å². The third kappa shape index (κ3) is 5.18. The van der Waals surface area contributed by atoms with E-state index in [0.29, 0.717) is 6.61 Å². The molecule has 3 aromatic rings. The van der Waals surface area contributed by atoms with E-state index < -0.39 is 0 Å². The van der Waals surface area contributed by atoms with Crippen LogP contribution < -0.4 is 4.74 Å². The molecule has 126 valence electrons. The zero-order chi connectivity index (χ0) is 17.6. The van der Waals surface area contributed by atoms with Crippen LogP contribution in [0.5, 0.6) is 11.5 Å². The van der Waals surface area contributed by atoms with Crippen molar-refractivity contribution in [2.24, 2.45) is 4.99 Å². The molecule has 0 fully saturated rings. The molecule has 0 atom stereocenters.